The summed E-state index contributed by atoms with van der Waals surface area (Å²) in [5, 5.41) is 8.90. The highest BCUT2D eigenvalue weighted by molar-refractivity contribution is 5.89. The molecule has 0 saturated carbocycles. The van der Waals surface area contributed by atoms with Crippen molar-refractivity contribution in [2.24, 2.45) is 0 Å². The molecule has 0 aliphatic rings. The number of carbonyl (C=O) groups is 2. The van der Waals surface area contributed by atoms with Crippen molar-refractivity contribution in [2.45, 2.75) is 71.0 Å². The summed E-state index contributed by atoms with van der Waals surface area (Å²) in [5.74, 6) is -1.81. The maximum Gasteiger partial charge on any atom is 0.338 e. The number of hydrogen-bond donors (Lipinski definition) is 1. The average Bonchev–Trinajstić information content (AvgIpc) is 2.66. The topological polar surface area (TPSA) is 72.8 Å². The molecule has 0 amide bonds. The molecule has 0 aromatic heterocycles. The fourth-order valence-electron chi connectivity index (χ4n) is 2.70. The Bertz CT molecular complexity index is 629. The number of ether oxygens (including phenoxy) is 2. The van der Waals surface area contributed by atoms with Crippen LogP contribution in [0.25, 0.3) is 0 Å². The minimum absolute atomic E-state index is 0.0711. The average molecular weight is 394 g/mol. The molecular weight excluding hydrogens is 363 g/mol. The third-order valence-corrected chi connectivity index (χ3v) is 4.33. The largest absolute Gasteiger partial charge is 0.478 e. The first kappa shape index (κ1) is 23.8. The van der Waals surface area contributed by atoms with Gasteiger partial charge in [0.25, 0.3) is 0 Å². The van der Waals surface area contributed by atoms with Crippen molar-refractivity contribution in [1.29, 1.82) is 0 Å². The van der Waals surface area contributed by atoms with E-state index < -0.39 is 18.1 Å². The molecule has 0 heterocycles. The first-order valence-corrected chi connectivity index (χ1v) is 9.94. The van der Waals surface area contributed by atoms with E-state index in [9.17, 15) is 14.0 Å². The van der Waals surface area contributed by atoms with Crippen molar-refractivity contribution in [3.63, 3.8) is 0 Å². The number of ketones is 1. The van der Waals surface area contributed by atoms with Crippen LogP contribution in [0.5, 0.6) is 5.75 Å². The number of benzene rings is 1. The molecular formula is C22H31FO5. The van der Waals surface area contributed by atoms with E-state index in [-0.39, 0.29) is 17.1 Å². The first-order chi connectivity index (χ1) is 13.5. The normalized spacial score (nSPS) is 11.8. The second-order valence-electron chi connectivity index (χ2n) is 6.70. The highest BCUT2D eigenvalue weighted by atomic mass is 19.1. The van der Waals surface area contributed by atoms with Gasteiger partial charge in [0.15, 0.2) is 12.1 Å². The molecule has 1 rings (SSSR count). The predicted molar refractivity (Wildman–Crippen MR) is 106 cm³/mol. The number of rotatable bonds is 16. The fraction of sp³-hybridized carbons (Fsp3) is 0.545. The molecule has 28 heavy (non-hydrogen) atoms. The second-order valence-corrected chi connectivity index (χ2v) is 6.70. The SMILES string of the molecule is C=CC(=O)CCCCCCOC(CCCCC)Oc1ccc(C(=O)O)c(F)c1. The minimum Gasteiger partial charge on any atom is -0.478 e. The van der Waals surface area contributed by atoms with E-state index in [1.807, 2.05) is 0 Å². The van der Waals surface area contributed by atoms with Gasteiger partial charge in [0.2, 0.25) is 0 Å². The standard InChI is InChI=1S/C22H31FO5/c1-3-5-8-12-21(27-15-10-7-6-9-11-17(24)4-2)28-18-13-14-19(22(25)26)20(23)16-18/h4,13-14,16,21H,2-3,5-12,15H2,1H3,(H,25,26). The zero-order valence-corrected chi connectivity index (χ0v) is 16.6. The maximum atomic E-state index is 13.8. The van der Waals surface area contributed by atoms with Crippen LogP contribution in [-0.2, 0) is 9.53 Å². The molecule has 1 aromatic rings. The van der Waals surface area contributed by atoms with Gasteiger partial charge in [0.05, 0.1) is 12.2 Å². The van der Waals surface area contributed by atoms with Crippen LogP contribution in [0, 0.1) is 5.82 Å². The quantitative estimate of drug-likeness (QED) is 0.227. The van der Waals surface area contributed by atoms with Gasteiger partial charge in [-0.1, -0.05) is 39.2 Å². The Morgan fingerprint density at radius 3 is 2.57 bits per heavy atom. The summed E-state index contributed by atoms with van der Waals surface area (Å²) in [6, 6.07) is 3.72. The number of unbranched alkanes of at least 4 members (excludes halogenated alkanes) is 5. The third-order valence-electron chi connectivity index (χ3n) is 4.33. The van der Waals surface area contributed by atoms with Gasteiger partial charge in [-0.15, -0.1) is 0 Å². The summed E-state index contributed by atoms with van der Waals surface area (Å²) in [7, 11) is 0. The lowest BCUT2D eigenvalue weighted by atomic mass is 10.1. The van der Waals surface area contributed by atoms with Gasteiger partial charge in [-0.25, -0.2) is 9.18 Å². The van der Waals surface area contributed by atoms with Crippen LogP contribution in [0.15, 0.2) is 30.9 Å². The van der Waals surface area contributed by atoms with Gasteiger partial charge in [-0.2, -0.15) is 0 Å². The number of carboxylic acids is 1. The van der Waals surface area contributed by atoms with Gasteiger partial charge >= 0.3 is 5.97 Å². The molecule has 0 spiro atoms. The first-order valence-electron chi connectivity index (χ1n) is 9.94. The molecule has 0 bridgehead atoms. The Morgan fingerprint density at radius 1 is 1.18 bits per heavy atom. The summed E-state index contributed by atoms with van der Waals surface area (Å²) in [5.41, 5.74) is -0.384. The zero-order valence-electron chi connectivity index (χ0n) is 16.6. The lowest BCUT2D eigenvalue weighted by molar-refractivity contribution is -0.114. The molecule has 1 N–H and O–H groups in total. The Labute approximate surface area is 166 Å². The molecule has 0 aliphatic heterocycles. The highest BCUT2D eigenvalue weighted by Gasteiger charge is 2.15. The van der Waals surface area contributed by atoms with E-state index >= 15 is 0 Å². The number of hydrogen-bond acceptors (Lipinski definition) is 4. The van der Waals surface area contributed by atoms with E-state index in [2.05, 4.69) is 13.5 Å². The van der Waals surface area contributed by atoms with Crippen LogP contribution < -0.4 is 4.74 Å². The number of carbonyl (C=O) groups excluding carboxylic acids is 1. The smallest absolute Gasteiger partial charge is 0.338 e. The summed E-state index contributed by atoms with van der Waals surface area (Å²) in [6.07, 6.45) is 8.72. The van der Waals surface area contributed by atoms with Crippen LogP contribution in [0.2, 0.25) is 0 Å². The van der Waals surface area contributed by atoms with Crippen LogP contribution in [0.1, 0.15) is 75.1 Å². The van der Waals surface area contributed by atoms with Crippen molar-refractivity contribution in [3.8, 4) is 5.75 Å². The van der Waals surface area contributed by atoms with E-state index in [0.29, 0.717) is 19.4 Å². The molecule has 1 atom stereocenters. The molecule has 0 fully saturated rings. The van der Waals surface area contributed by atoms with Gasteiger partial charge in [-0.3, -0.25) is 4.79 Å². The van der Waals surface area contributed by atoms with Gasteiger partial charge in [0.1, 0.15) is 11.6 Å². The van der Waals surface area contributed by atoms with E-state index in [1.165, 1.54) is 18.2 Å². The number of carboxylic acid groups (broad SMARTS) is 1. The minimum atomic E-state index is -1.31. The van der Waals surface area contributed by atoms with Crippen molar-refractivity contribution in [2.75, 3.05) is 6.61 Å². The number of halogens is 1. The zero-order chi connectivity index (χ0) is 20.8. The Morgan fingerprint density at radius 2 is 1.93 bits per heavy atom. The summed E-state index contributed by atoms with van der Waals surface area (Å²) >= 11 is 0. The van der Waals surface area contributed by atoms with Gasteiger partial charge < -0.3 is 14.6 Å². The Balaban J connectivity index is 2.45. The van der Waals surface area contributed by atoms with Gasteiger partial charge in [0, 0.05) is 18.9 Å². The highest BCUT2D eigenvalue weighted by Crippen LogP contribution is 2.20. The lowest BCUT2D eigenvalue weighted by Crippen LogP contribution is -2.21. The molecule has 156 valence electrons. The summed E-state index contributed by atoms with van der Waals surface area (Å²) < 4.78 is 25.4. The maximum absolute atomic E-state index is 13.8. The van der Waals surface area contributed by atoms with Crippen molar-refractivity contribution in [1.82, 2.24) is 0 Å². The molecule has 0 aliphatic carbocycles. The monoisotopic (exact) mass is 394 g/mol. The van der Waals surface area contributed by atoms with E-state index in [1.54, 1.807) is 0 Å². The summed E-state index contributed by atoms with van der Waals surface area (Å²) in [6.45, 7) is 6.08. The van der Waals surface area contributed by atoms with E-state index in [0.717, 1.165) is 51.0 Å². The lowest BCUT2D eigenvalue weighted by Gasteiger charge is -2.20. The summed E-state index contributed by atoms with van der Waals surface area (Å²) in [4.78, 5) is 22.1. The second kappa shape index (κ2) is 13.9. The molecule has 0 radical (unpaired) electrons. The van der Waals surface area contributed by atoms with Crippen molar-refractivity contribution < 1.29 is 28.6 Å². The Hall–Kier alpha value is -2.21. The number of allylic oxidation sites excluding steroid dienone is 1. The molecule has 5 nitrogen and oxygen atoms in total. The fourth-order valence-corrected chi connectivity index (χ4v) is 2.70. The van der Waals surface area contributed by atoms with Crippen LogP contribution in [0.3, 0.4) is 0 Å². The molecule has 0 saturated heterocycles. The van der Waals surface area contributed by atoms with E-state index in [4.69, 9.17) is 14.6 Å². The van der Waals surface area contributed by atoms with Gasteiger partial charge in [-0.05, 0) is 37.5 Å². The van der Waals surface area contributed by atoms with Crippen LogP contribution >= 0.6 is 0 Å². The van der Waals surface area contributed by atoms with Crippen molar-refractivity contribution in [3.05, 3.63) is 42.2 Å². The van der Waals surface area contributed by atoms with Crippen LogP contribution in [0.4, 0.5) is 4.39 Å². The van der Waals surface area contributed by atoms with Crippen molar-refractivity contribution >= 4 is 11.8 Å². The molecule has 6 heteroatoms. The third kappa shape index (κ3) is 9.65. The Kier molecular flexibility index (Phi) is 11.8. The van der Waals surface area contributed by atoms with Crippen LogP contribution in [-0.4, -0.2) is 29.8 Å². The molecule has 1 aromatic carbocycles. The molecule has 1 unspecified atom stereocenters. The predicted octanol–water partition coefficient (Wildman–Crippen LogP) is 5.53. The number of aromatic carboxylic acids is 1.